The van der Waals surface area contributed by atoms with Crippen molar-refractivity contribution in [2.45, 2.75) is 46.0 Å². The smallest absolute Gasteiger partial charge is 0.0865 e. The zero-order valence-electron chi connectivity index (χ0n) is 24.4. The van der Waals surface area contributed by atoms with Crippen molar-refractivity contribution >= 4 is 53.3 Å². The van der Waals surface area contributed by atoms with Gasteiger partial charge in [-0.3, -0.25) is 15.0 Å². The number of anilines is 3. The lowest BCUT2D eigenvalue weighted by molar-refractivity contribution is 0.480. The first-order valence-electron chi connectivity index (χ1n) is 13.9. The number of rotatable bonds is 10. The zero-order valence-corrected chi connectivity index (χ0v) is 24.4. The molecule has 4 rings (SSSR count). The quantitative estimate of drug-likeness (QED) is 0.137. The van der Waals surface area contributed by atoms with Crippen LogP contribution in [0.2, 0.25) is 0 Å². The SMILES string of the molecule is C=Nc1ccc(-c2ccc(N)c(N=Cc3cccc(C(C)(C)CCc4ccc(N)c(N=CC(C)C)c4)c3)c2)cc1N. The maximum Gasteiger partial charge on any atom is 0.0865 e. The largest absolute Gasteiger partial charge is 0.397 e. The van der Waals surface area contributed by atoms with Crippen LogP contribution in [0.1, 0.15) is 50.8 Å². The van der Waals surface area contributed by atoms with Crippen molar-refractivity contribution in [1.29, 1.82) is 0 Å². The molecular formula is C35H40N6. The highest BCUT2D eigenvalue weighted by Gasteiger charge is 2.21. The van der Waals surface area contributed by atoms with Crippen molar-refractivity contribution in [1.82, 2.24) is 0 Å². The van der Waals surface area contributed by atoms with Crippen LogP contribution in [-0.4, -0.2) is 19.1 Å². The predicted octanol–water partition coefficient (Wildman–Crippen LogP) is 8.45. The van der Waals surface area contributed by atoms with Crippen LogP contribution in [0.15, 0.2) is 93.8 Å². The van der Waals surface area contributed by atoms with E-state index in [4.69, 9.17) is 22.2 Å². The lowest BCUT2D eigenvalue weighted by Crippen LogP contribution is -2.18. The van der Waals surface area contributed by atoms with Crippen molar-refractivity contribution in [2.75, 3.05) is 17.2 Å². The van der Waals surface area contributed by atoms with Gasteiger partial charge >= 0.3 is 0 Å². The Morgan fingerprint density at radius 1 is 0.756 bits per heavy atom. The van der Waals surface area contributed by atoms with Crippen LogP contribution in [-0.2, 0) is 11.8 Å². The predicted molar refractivity (Wildman–Crippen MR) is 179 cm³/mol. The van der Waals surface area contributed by atoms with Gasteiger partial charge in [0.1, 0.15) is 0 Å². The Morgan fingerprint density at radius 2 is 1.44 bits per heavy atom. The maximum absolute atomic E-state index is 6.28. The summed E-state index contributed by atoms with van der Waals surface area (Å²) in [4.78, 5) is 13.3. The summed E-state index contributed by atoms with van der Waals surface area (Å²) in [5.74, 6) is 0.375. The number of aliphatic imine (C=N–C) groups is 3. The Bertz CT molecular complexity index is 1600. The zero-order chi connectivity index (χ0) is 29.6. The van der Waals surface area contributed by atoms with Gasteiger partial charge in [-0.2, -0.15) is 0 Å². The molecule has 0 unspecified atom stereocenters. The van der Waals surface area contributed by atoms with E-state index in [2.05, 4.69) is 80.8 Å². The van der Waals surface area contributed by atoms with Crippen LogP contribution in [0.5, 0.6) is 0 Å². The third-order valence-electron chi connectivity index (χ3n) is 7.23. The second-order valence-corrected chi connectivity index (χ2v) is 11.4. The standard InChI is InChI=1S/C35H40N6/c1-23(2)21-40-33-18-24(9-12-29(33)36)15-16-35(3,4)28-8-6-7-25(17-28)22-41-34-20-27(10-13-30(34)37)26-11-14-32(39-5)31(38)19-26/h6-14,17-23H,5,15-16,36-38H2,1-4H3. The molecule has 0 fully saturated rings. The fraction of sp³-hybridized carbons (Fsp3) is 0.229. The van der Waals surface area contributed by atoms with Gasteiger partial charge < -0.3 is 17.2 Å². The molecule has 0 bridgehead atoms. The molecule has 6 heteroatoms. The summed E-state index contributed by atoms with van der Waals surface area (Å²) in [5.41, 5.74) is 28.0. The molecule has 0 aliphatic heterocycles. The molecule has 0 aliphatic rings. The van der Waals surface area contributed by atoms with Crippen LogP contribution in [0.25, 0.3) is 11.1 Å². The Morgan fingerprint density at radius 3 is 2.15 bits per heavy atom. The summed E-state index contributed by atoms with van der Waals surface area (Å²) in [6.07, 6.45) is 5.70. The van der Waals surface area contributed by atoms with Gasteiger partial charge in [-0.15, -0.1) is 0 Å². The van der Waals surface area contributed by atoms with Crippen LogP contribution in [0, 0.1) is 5.92 Å². The number of aryl methyl sites for hydroxylation is 1. The average molecular weight is 545 g/mol. The molecule has 4 aromatic rings. The average Bonchev–Trinajstić information content (AvgIpc) is 2.95. The Kier molecular flexibility index (Phi) is 9.03. The van der Waals surface area contributed by atoms with E-state index in [0.717, 1.165) is 35.2 Å². The molecule has 0 atom stereocenters. The molecule has 6 N–H and O–H groups in total. The Labute approximate surface area is 243 Å². The van der Waals surface area contributed by atoms with Crippen LogP contribution < -0.4 is 17.2 Å². The van der Waals surface area contributed by atoms with Crippen molar-refractivity contribution in [2.24, 2.45) is 20.9 Å². The van der Waals surface area contributed by atoms with E-state index in [1.807, 2.05) is 54.9 Å². The van der Waals surface area contributed by atoms with E-state index in [9.17, 15) is 0 Å². The third-order valence-corrected chi connectivity index (χ3v) is 7.23. The van der Waals surface area contributed by atoms with E-state index in [1.165, 1.54) is 11.1 Å². The number of nitrogens with two attached hydrogens (primary N) is 3. The molecule has 0 amide bonds. The Balaban J connectivity index is 1.50. The van der Waals surface area contributed by atoms with Gasteiger partial charge in [-0.1, -0.05) is 64.1 Å². The summed E-state index contributed by atoms with van der Waals surface area (Å²) in [5, 5.41) is 0. The van der Waals surface area contributed by atoms with Crippen molar-refractivity contribution in [3.05, 3.63) is 95.6 Å². The van der Waals surface area contributed by atoms with E-state index < -0.39 is 0 Å². The first-order chi connectivity index (χ1) is 19.6. The highest BCUT2D eigenvalue weighted by atomic mass is 14.8. The van der Waals surface area contributed by atoms with Gasteiger partial charge in [0.05, 0.1) is 34.1 Å². The molecular weight excluding hydrogens is 504 g/mol. The molecule has 0 saturated heterocycles. The second-order valence-electron chi connectivity index (χ2n) is 11.4. The number of hydrogen-bond acceptors (Lipinski definition) is 6. The number of hydrogen-bond donors (Lipinski definition) is 3. The topological polar surface area (TPSA) is 115 Å². The van der Waals surface area contributed by atoms with Crippen molar-refractivity contribution < 1.29 is 0 Å². The lowest BCUT2D eigenvalue weighted by atomic mass is 9.79. The Hall–Kier alpha value is -4.71. The van der Waals surface area contributed by atoms with E-state index in [-0.39, 0.29) is 5.41 Å². The van der Waals surface area contributed by atoms with Gasteiger partial charge in [0.25, 0.3) is 0 Å². The summed E-state index contributed by atoms with van der Waals surface area (Å²) >= 11 is 0. The van der Waals surface area contributed by atoms with Crippen LogP contribution in [0.3, 0.4) is 0 Å². The van der Waals surface area contributed by atoms with Gasteiger partial charge in [-0.25, -0.2) is 0 Å². The minimum atomic E-state index is -0.0437. The van der Waals surface area contributed by atoms with Crippen LogP contribution in [0.4, 0.5) is 34.1 Å². The van der Waals surface area contributed by atoms with Crippen molar-refractivity contribution in [3.8, 4) is 11.1 Å². The first-order valence-corrected chi connectivity index (χ1v) is 13.9. The molecule has 0 spiro atoms. The summed E-state index contributed by atoms with van der Waals surface area (Å²) < 4.78 is 0. The molecule has 41 heavy (non-hydrogen) atoms. The summed E-state index contributed by atoms with van der Waals surface area (Å²) in [6.45, 7) is 12.3. The molecule has 0 aromatic heterocycles. The summed E-state index contributed by atoms with van der Waals surface area (Å²) in [7, 11) is 0. The molecule has 210 valence electrons. The number of nitrogens with zero attached hydrogens (tertiary/aromatic N) is 3. The first kappa shape index (κ1) is 29.3. The second kappa shape index (κ2) is 12.6. The molecule has 4 aromatic carbocycles. The highest BCUT2D eigenvalue weighted by Crippen LogP contribution is 2.34. The van der Waals surface area contributed by atoms with Gasteiger partial charge in [-0.05, 0) is 101 Å². The maximum atomic E-state index is 6.28. The fourth-order valence-electron chi connectivity index (χ4n) is 4.58. The monoisotopic (exact) mass is 544 g/mol. The highest BCUT2D eigenvalue weighted by molar-refractivity contribution is 5.86. The lowest BCUT2D eigenvalue weighted by Gasteiger charge is -2.26. The van der Waals surface area contributed by atoms with Gasteiger partial charge in [0.2, 0.25) is 0 Å². The van der Waals surface area contributed by atoms with Crippen molar-refractivity contribution in [3.63, 3.8) is 0 Å². The molecule has 0 aliphatic carbocycles. The fourth-order valence-corrected chi connectivity index (χ4v) is 4.58. The van der Waals surface area contributed by atoms with E-state index in [1.54, 1.807) is 0 Å². The van der Waals surface area contributed by atoms with Gasteiger partial charge in [0, 0.05) is 12.4 Å². The number of benzene rings is 4. The molecule has 0 radical (unpaired) electrons. The van der Waals surface area contributed by atoms with Crippen LogP contribution >= 0.6 is 0 Å². The van der Waals surface area contributed by atoms with E-state index >= 15 is 0 Å². The number of nitrogen functional groups attached to an aromatic ring is 3. The molecule has 0 saturated carbocycles. The minimum absolute atomic E-state index is 0.0437. The minimum Gasteiger partial charge on any atom is -0.397 e. The van der Waals surface area contributed by atoms with Gasteiger partial charge in [0.15, 0.2) is 0 Å². The molecule has 6 nitrogen and oxygen atoms in total. The third kappa shape index (κ3) is 7.48. The molecule has 0 heterocycles. The van der Waals surface area contributed by atoms with E-state index in [0.29, 0.717) is 34.4 Å². The summed E-state index contributed by atoms with van der Waals surface area (Å²) in [6, 6.07) is 26.2. The normalized spacial score (nSPS) is 12.0.